The summed E-state index contributed by atoms with van der Waals surface area (Å²) in [5, 5.41) is 17.6. The van der Waals surface area contributed by atoms with Crippen LogP contribution >= 0.6 is 0 Å². The fourth-order valence-corrected chi connectivity index (χ4v) is 3.45. The van der Waals surface area contributed by atoms with Crippen molar-refractivity contribution in [3.05, 3.63) is 83.1 Å². The molecule has 8 nitrogen and oxygen atoms in total. The molecule has 0 bridgehead atoms. The van der Waals surface area contributed by atoms with Crippen LogP contribution in [0.4, 0.5) is 23.1 Å². The molecule has 0 unspecified atom stereocenters. The Bertz CT molecular complexity index is 1080. The molecule has 31 heavy (non-hydrogen) atoms. The van der Waals surface area contributed by atoms with Crippen molar-refractivity contribution in [2.75, 3.05) is 36.8 Å². The third kappa shape index (κ3) is 5.64. The van der Waals surface area contributed by atoms with E-state index < -0.39 is 0 Å². The number of hydrogen-bond acceptors (Lipinski definition) is 7. The second-order valence-electron chi connectivity index (χ2n) is 7.29. The number of nitrogens with one attached hydrogen (secondary N) is 2. The van der Waals surface area contributed by atoms with Gasteiger partial charge in [-0.25, -0.2) is 4.98 Å². The average molecular weight is 416 g/mol. The molecule has 0 fully saturated rings. The van der Waals surface area contributed by atoms with Gasteiger partial charge in [-0.1, -0.05) is 36.4 Å². The van der Waals surface area contributed by atoms with Crippen molar-refractivity contribution in [1.82, 2.24) is 14.9 Å². The van der Waals surface area contributed by atoms with Crippen molar-refractivity contribution in [1.29, 1.82) is 0 Å². The minimum atomic E-state index is -0.389. The quantitative estimate of drug-likeness (QED) is 0.230. The Labute approximate surface area is 180 Å². The molecule has 0 spiro atoms. The molecule has 1 aromatic heterocycles. The van der Waals surface area contributed by atoms with E-state index in [4.69, 9.17) is 0 Å². The Morgan fingerprint density at radius 3 is 2.61 bits per heavy atom. The van der Waals surface area contributed by atoms with Crippen LogP contribution in [0.2, 0.25) is 0 Å². The predicted molar refractivity (Wildman–Crippen MR) is 123 cm³/mol. The number of nitrogens with zero attached hydrogens (tertiary/aromatic N) is 4. The van der Waals surface area contributed by atoms with Crippen LogP contribution in [0, 0.1) is 10.1 Å². The minimum absolute atomic E-state index is 0.0685. The zero-order valence-electron chi connectivity index (χ0n) is 17.1. The first-order chi connectivity index (χ1) is 15.2. The van der Waals surface area contributed by atoms with Gasteiger partial charge in [-0.05, 0) is 35.7 Å². The van der Waals surface area contributed by atoms with E-state index in [2.05, 4.69) is 37.7 Å². The van der Waals surface area contributed by atoms with E-state index in [0.29, 0.717) is 5.95 Å². The Morgan fingerprint density at radius 1 is 1.03 bits per heavy atom. The molecule has 1 aliphatic heterocycles. The topological polar surface area (TPSA) is 96.2 Å². The maximum atomic E-state index is 11.1. The average Bonchev–Trinajstić information content (AvgIpc) is 3.31. The van der Waals surface area contributed by atoms with Crippen LogP contribution < -0.4 is 10.6 Å². The summed E-state index contributed by atoms with van der Waals surface area (Å²) >= 11 is 0. The number of aromatic nitrogens is 2. The third-order valence-electron chi connectivity index (χ3n) is 5.02. The number of benzene rings is 2. The third-order valence-corrected chi connectivity index (χ3v) is 5.02. The van der Waals surface area contributed by atoms with Crippen LogP contribution in [0.15, 0.2) is 72.9 Å². The summed E-state index contributed by atoms with van der Waals surface area (Å²) in [5.41, 5.74) is 2.53. The lowest BCUT2D eigenvalue weighted by Gasteiger charge is -2.14. The van der Waals surface area contributed by atoms with E-state index in [9.17, 15) is 10.1 Å². The highest BCUT2D eigenvalue weighted by molar-refractivity contribution is 5.71. The first-order valence-corrected chi connectivity index (χ1v) is 10.2. The van der Waals surface area contributed by atoms with Crippen molar-refractivity contribution in [3.8, 4) is 11.1 Å². The van der Waals surface area contributed by atoms with Crippen molar-refractivity contribution in [3.63, 3.8) is 0 Å². The molecule has 3 aromatic rings. The lowest BCUT2D eigenvalue weighted by atomic mass is 10.0. The smallest absolute Gasteiger partial charge is 0.270 e. The van der Waals surface area contributed by atoms with Gasteiger partial charge < -0.3 is 10.6 Å². The summed E-state index contributed by atoms with van der Waals surface area (Å²) in [6.07, 6.45) is 7.15. The molecular weight excluding hydrogens is 392 g/mol. The van der Waals surface area contributed by atoms with Gasteiger partial charge in [0.1, 0.15) is 5.82 Å². The van der Waals surface area contributed by atoms with E-state index in [1.54, 1.807) is 18.3 Å². The van der Waals surface area contributed by atoms with Crippen molar-refractivity contribution in [2.45, 2.75) is 6.42 Å². The first kappa shape index (κ1) is 20.5. The Kier molecular flexibility index (Phi) is 6.49. The van der Waals surface area contributed by atoms with Gasteiger partial charge in [-0.15, -0.1) is 0 Å². The fourth-order valence-electron chi connectivity index (χ4n) is 3.45. The van der Waals surface area contributed by atoms with Gasteiger partial charge in [0.05, 0.1) is 4.92 Å². The lowest BCUT2D eigenvalue weighted by molar-refractivity contribution is -0.384. The normalized spacial score (nSPS) is 13.3. The second-order valence-corrected chi connectivity index (χ2v) is 7.29. The van der Waals surface area contributed by atoms with Crippen LogP contribution in [0.25, 0.3) is 11.1 Å². The first-order valence-electron chi connectivity index (χ1n) is 10.2. The van der Waals surface area contributed by atoms with Crippen molar-refractivity contribution < 1.29 is 4.92 Å². The van der Waals surface area contributed by atoms with Crippen LogP contribution in [0.1, 0.15) is 6.42 Å². The van der Waals surface area contributed by atoms with Crippen molar-refractivity contribution in [2.24, 2.45) is 0 Å². The Morgan fingerprint density at radius 2 is 1.81 bits per heavy atom. The summed E-state index contributed by atoms with van der Waals surface area (Å²) in [5.74, 6) is 1.26. The van der Waals surface area contributed by atoms with Gasteiger partial charge in [-0.3, -0.25) is 15.0 Å². The van der Waals surface area contributed by atoms with E-state index in [1.807, 2.05) is 36.4 Å². The molecule has 158 valence electrons. The second kappa shape index (κ2) is 9.82. The van der Waals surface area contributed by atoms with E-state index >= 15 is 0 Å². The summed E-state index contributed by atoms with van der Waals surface area (Å²) in [4.78, 5) is 21.9. The van der Waals surface area contributed by atoms with Crippen LogP contribution in [0.5, 0.6) is 0 Å². The molecule has 0 atom stereocenters. The zero-order valence-corrected chi connectivity index (χ0v) is 17.1. The number of nitro benzene ring substituents is 1. The highest BCUT2D eigenvalue weighted by atomic mass is 16.6. The van der Waals surface area contributed by atoms with Gasteiger partial charge in [0.15, 0.2) is 0 Å². The highest BCUT2D eigenvalue weighted by Crippen LogP contribution is 2.27. The number of hydrogen-bond donors (Lipinski definition) is 2. The van der Waals surface area contributed by atoms with Gasteiger partial charge in [0.2, 0.25) is 5.95 Å². The SMILES string of the molecule is O=[N+]([O-])c1cccc(-c2cccc(Nc3nccc(NCCCN4CC=CC4)n3)c2)c1. The standard InChI is InChI=1S/C23H24N6O2/c30-29(31)21-9-4-7-19(17-21)18-6-3-8-20(16-18)26-23-25-12-10-22(27-23)24-11-5-15-28-13-1-2-14-28/h1-4,6-10,12,16-17H,5,11,13-15H2,(H2,24,25,26,27). The molecular formula is C23H24N6O2. The van der Waals surface area contributed by atoms with E-state index in [0.717, 1.165) is 55.2 Å². The van der Waals surface area contributed by atoms with Crippen LogP contribution in [-0.2, 0) is 0 Å². The summed E-state index contributed by atoms with van der Waals surface area (Å²) in [6, 6.07) is 16.1. The molecule has 1 aliphatic rings. The summed E-state index contributed by atoms with van der Waals surface area (Å²) < 4.78 is 0. The molecule has 8 heteroatoms. The lowest BCUT2D eigenvalue weighted by Crippen LogP contribution is -2.23. The minimum Gasteiger partial charge on any atom is -0.370 e. The van der Waals surface area contributed by atoms with Crippen molar-refractivity contribution >= 4 is 23.1 Å². The zero-order chi connectivity index (χ0) is 21.5. The number of nitro groups is 1. The molecule has 2 heterocycles. The van der Waals surface area contributed by atoms with Crippen LogP contribution in [0.3, 0.4) is 0 Å². The number of anilines is 3. The van der Waals surface area contributed by atoms with Gasteiger partial charge in [0, 0.05) is 50.2 Å². The monoisotopic (exact) mass is 416 g/mol. The molecule has 0 amide bonds. The highest BCUT2D eigenvalue weighted by Gasteiger charge is 2.08. The Hall–Kier alpha value is -3.78. The summed E-state index contributed by atoms with van der Waals surface area (Å²) in [6.45, 7) is 3.98. The fraction of sp³-hybridized carbons (Fsp3) is 0.217. The summed E-state index contributed by atoms with van der Waals surface area (Å²) in [7, 11) is 0. The molecule has 2 N–H and O–H groups in total. The molecule has 0 saturated heterocycles. The van der Waals surface area contributed by atoms with Gasteiger partial charge in [-0.2, -0.15) is 4.98 Å². The van der Waals surface area contributed by atoms with Crippen LogP contribution in [-0.4, -0.2) is 46.0 Å². The van der Waals surface area contributed by atoms with Gasteiger partial charge in [0.25, 0.3) is 5.69 Å². The maximum absolute atomic E-state index is 11.1. The van der Waals surface area contributed by atoms with E-state index in [-0.39, 0.29) is 10.6 Å². The predicted octanol–water partition coefficient (Wildman–Crippen LogP) is 4.47. The largest absolute Gasteiger partial charge is 0.370 e. The maximum Gasteiger partial charge on any atom is 0.270 e. The molecule has 0 aliphatic carbocycles. The number of non-ortho nitro benzene ring substituents is 1. The van der Waals surface area contributed by atoms with Gasteiger partial charge >= 0.3 is 0 Å². The van der Waals surface area contributed by atoms with E-state index in [1.165, 1.54) is 6.07 Å². The molecule has 4 rings (SSSR count). The molecule has 0 radical (unpaired) electrons. The number of rotatable bonds is 9. The molecule has 0 saturated carbocycles. The Balaban J connectivity index is 1.38. The molecule has 2 aromatic carbocycles.